The number of ether oxygens (including phenoxy) is 1. The third-order valence-corrected chi connectivity index (χ3v) is 4.84. The Morgan fingerprint density at radius 3 is 2.09 bits per heavy atom. The van der Waals surface area contributed by atoms with Crippen molar-refractivity contribution in [2.24, 2.45) is 0 Å². The predicted molar refractivity (Wildman–Crippen MR) is 125 cm³/mol. The number of aliphatic carboxylic acids is 1. The molecule has 3 aromatic rings. The van der Waals surface area contributed by atoms with Crippen LogP contribution in [0, 0.1) is 0 Å². The second kappa shape index (κ2) is 11.3. The highest BCUT2D eigenvalue weighted by Crippen LogP contribution is 2.14. The van der Waals surface area contributed by atoms with Crippen molar-refractivity contribution in [1.82, 2.24) is 10.6 Å². The van der Waals surface area contributed by atoms with E-state index in [-0.39, 0.29) is 12.1 Å². The van der Waals surface area contributed by atoms with Gasteiger partial charge < -0.3 is 20.5 Å². The maximum atomic E-state index is 13.1. The number of carboxylic acids is 1. The molecular weight excluding hydrogens is 420 g/mol. The monoisotopic (exact) mass is 444 g/mol. The minimum absolute atomic E-state index is 0.0756. The molecule has 0 saturated carbocycles. The van der Waals surface area contributed by atoms with Crippen molar-refractivity contribution in [2.45, 2.75) is 12.5 Å². The Balaban J connectivity index is 1.85. The van der Waals surface area contributed by atoms with Crippen LogP contribution in [0.25, 0.3) is 6.08 Å². The van der Waals surface area contributed by atoms with Crippen LogP contribution < -0.4 is 15.4 Å². The van der Waals surface area contributed by atoms with E-state index in [9.17, 15) is 19.5 Å². The van der Waals surface area contributed by atoms with E-state index in [4.69, 9.17) is 4.74 Å². The van der Waals surface area contributed by atoms with E-state index < -0.39 is 23.8 Å². The van der Waals surface area contributed by atoms with Crippen molar-refractivity contribution in [3.63, 3.8) is 0 Å². The highest BCUT2D eigenvalue weighted by atomic mass is 16.5. The summed E-state index contributed by atoms with van der Waals surface area (Å²) in [5.41, 5.74) is 1.68. The highest BCUT2D eigenvalue weighted by Gasteiger charge is 2.23. The Bertz CT molecular complexity index is 1130. The number of methoxy groups -OCH3 is 1. The fraction of sp³-hybridized carbons (Fsp3) is 0.115. The third kappa shape index (κ3) is 6.80. The molecule has 3 N–H and O–H groups in total. The average molecular weight is 444 g/mol. The van der Waals surface area contributed by atoms with Gasteiger partial charge in [0.25, 0.3) is 11.8 Å². The van der Waals surface area contributed by atoms with Crippen molar-refractivity contribution in [2.75, 3.05) is 7.11 Å². The molecule has 0 radical (unpaired) electrons. The molecule has 7 heteroatoms. The van der Waals surface area contributed by atoms with Crippen molar-refractivity contribution < 1.29 is 24.2 Å². The van der Waals surface area contributed by atoms with E-state index in [2.05, 4.69) is 10.6 Å². The molecule has 2 amide bonds. The molecule has 0 aliphatic carbocycles. The summed E-state index contributed by atoms with van der Waals surface area (Å²) in [6, 6.07) is 23.1. The first kappa shape index (κ1) is 23.3. The Kier molecular flexibility index (Phi) is 7.96. The topological polar surface area (TPSA) is 105 Å². The lowest BCUT2D eigenvalue weighted by molar-refractivity contribution is -0.141. The maximum Gasteiger partial charge on any atom is 0.326 e. The molecular formula is C26H24N2O5. The predicted octanol–water partition coefficient (Wildman–Crippen LogP) is 3.28. The van der Waals surface area contributed by atoms with Gasteiger partial charge in [-0.2, -0.15) is 0 Å². The largest absolute Gasteiger partial charge is 0.497 e. The van der Waals surface area contributed by atoms with Gasteiger partial charge in [-0.1, -0.05) is 60.7 Å². The molecule has 0 bridgehead atoms. The van der Waals surface area contributed by atoms with Crippen LogP contribution in [0.1, 0.15) is 21.5 Å². The van der Waals surface area contributed by atoms with Crippen molar-refractivity contribution in [1.29, 1.82) is 0 Å². The molecule has 0 aromatic heterocycles. The number of hydrogen-bond donors (Lipinski definition) is 3. The molecule has 0 aliphatic rings. The molecule has 0 aliphatic heterocycles. The number of amides is 2. The molecule has 1 unspecified atom stereocenters. The van der Waals surface area contributed by atoms with E-state index in [1.54, 1.807) is 86.0 Å². The fourth-order valence-corrected chi connectivity index (χ4v) is 3.10. The van der Waals surface area contributed by atoms with Crippen LogP contribution in [0.4, 0.5) is 0 Å². The zero-order valence-electron chi connectivity index (χ0n) is 18.0. The number of carbonyl (C=O) groups excluding carboxylic acids is 2. The molecule has 168 valence electrons. The summed E-state index contributed by atoms with van der Waals surface area (Å²) in [4.78, 5) is 37.6. The van der Waals surface area contributed by atoms with E-state index in [1.807, 2.05) is 6.07 Å². The van der Waals surface area contributed by atoms with E-state index in [0.717, 1.165) is 5.56 Å². The molecule has 1 atom stereocenters. The van der Waals surface area contributed by atoms with Gasteiger partial charge >= 0.3 is 5.97 Å². The number of carbonyl (C=O) groups is 3. The summed E-state index contributed by atoms with van der Waals surface area (Å²) in [7, 11) is 1.54. The molecule has 33 heavy (non-hydrogen) atoms. The first-order valence-corrected chi connectivity index (χ1v) is 10.3. The van der Waals surface area contributed by atoms with E-state index >= 15 is 0 Å². The van der Waals surface area contributed by atoms with Crippen molar-refractivity contribution in [3.05, 3.63) is 107 Å². The summed E-state index contributed by atoms with van der Waals surface area (Å²) in [5, 5.41) is 14.8. The number of rotatable bonds is 9. The van der Waals surface area contributed by atoms with Gasteiger partial charge in [-0.15, -0.1) is 0 Å². The summed E-state index contributed by atoms with van der Waals surface area (Å²) in [6.07, 6.45) is 1.58. The van der Waals surface area contributed by atoms with Gasteiger partial charge in [0.05, 0.1) is 7.11 Å². The van der Waals surface area contributed by atoms with Crippen LogP contribution in [-0.2, 0) is 16.0 Å². The first-order chi connectivity index (χ1) is 16.0. The third-order valence-electron chi connectivity index (χ3n) is 4.84. The maximum absolute atomic E-state index is 13.1. The van der Waals surface area contributed by atoms with E-state index in [0.29, 0.717) is 16.9 Å². The van der Waals surface area contributed by atoms with Gasteiger partial charge in [0.2, 0.25) is 0 Å². The lowest BCUT2D eigenvalue weighted by atomic mass is 10.1. The normalized spacial score (nSPS) is 11.8. The van der Waals surface area contributed by atoms with Crippen LogP contribution in [0.2, 0.25) is 0 Å². The number of benzene rings is 3. The highest BCUT2D eigenvalue weighted by molar-refractivity contribution is 6.06. The van der Waals surface area contributed by atoms with E-state index in [1.165, 1.54) is 6.08 Å². The van der Waals surface area contributed by atoms with Crippen molar-refractivity contribution in [3.8, 4) is 5.75 Å². The summed E-state index contributed by atoms with van der Waals surface area (Å²) in [5.74, 6) is -1.73. The van der Waals surface area contributed by atoms with Crippen LogP contribution in [-0.4, -0.2) is 36.0 Å². The minimum Gasteiger partial charge on any atom is -0.497 e. The van der Waals surface area contributed by atoms with Gasteiger partial charge in [0.15, 0.2) is 0 Å². The standard InChI is InChI=1S/C26H24N2O5/c1-33-21-14-12-19(13-15-21)16-22(27-24(29)20-10-6-3-7-11-20)25(30)28-23(26(31)32)17-18-8-4-2-5-9-18/h2-16,23H,17H2,1H3,(H,27,29)(H,28,30)(H,31,32)/b22-16-. The van der Waals surface area contributed by atoms with Crippen LogP contribution in [0.3, 0.4) is 0 Å². The van der Waals surface area contributed by atoms with Crippen LogP contribution in [0.5, 0.6) is 5.75 Å². The zero-order valence-corrected chi connectivity index (χ0v) is 18.0. The fourth-order valence-electron chi connectivity index (χ4n) is 3.10. The Hall–Kier alpha value is -4.39. The van der Waals surface area contributed by atoms with Gasteiger partial charge in [0.1, 0.15) is 17.5 Å². The van der Waals surface area contributed by atoms with Crippen LogP contribution in [0.15, 0.2) is 90.6 Å². The molecule has 3 rings (SSSR count). The number of nitrogens with one attached hydrogen (secondary N) is 2. The summed E-state index contributed by atoms with van der Waals surface area (Å²) < 4.78 is 5.14. The minimum atomic E-state index is -1.18. The number of carboxylic acid groups (broad SMARTS) is 1. The van der Waals surface area contributed by atoms with Crippen molar-refractivity contribution >= 4 is 23.9 Å². The Morgan fingerprint density at radius 1 is 0.909 bits per heavy atom. The van der Waals surface area contributed by atoms with Gasteiger partial charge in [-0.3, -0.25) is 9.59 Å². The van der Waals surface area contributed by atoms with Gasteiger partial charge in [-0.25, -0.2) is 4.79 Å². The smallest absolute Gasteiger partial charge is 0.326 e. The first-order valence-electron chi connectivity index (χ1n) is 10.3. The average Bonchev–Trinajstić information content (AvgIpc) is 2.84. The summed E-state index contributed by atoms with van der Waals surface area (Å²) >= 11 is 0. The second-order valence-electron chi connectivity index (χ2n) is 7.21. The Morgan fingerprint density at radius 2 is 1.52 bits per heavy atom. The lowest BCUT2D eigenvalue weighted by Crippen LogP contribution is -2.45. The van der Waals surface area contributed by atoms with Gasteiger partial charge in [-0.05, 0) is 41.5 Å². The number of hydrogen-bond acceptors (Lipinski definition) is 4. The molecule has 7 nitrogen and oxygen atoms in total. The molecule has 0 fully saturated rings. The second-order valence-corrected chi connectivity index (χ2v) is 7.21. The lowest BCUT2D eigenvalue weighted by Gasteiger charge is -2.17. The molecule has 0 heterocycles. The molecule has 3 aromatic carbocycles. The summed E-state index contributed by atoms with van der Waals surface area (Å²) in [6.45, 7) is 0. The quantitative estimate of drug-likeness (QED) is 0.440. The zero-order chi connectivity index (χ0) is 23.6. The van der Waals surface area contributed by atoms with Crippen LogP contribution >= 0.6 is 0 Å². The molecule has 0 spiro atoms. The Labute approximate surface area is 191 Å². The molecule has 0 saturated heterocycles. The SMILES string of the molecule is COc1ccc(/C=C(\NC(=O)c2ccccc2)C(=O)NC(Cc2ccccc2)C(=O)O)cc1. The van der Waals surface area contributed by atoms with Gasteiger partial charge in [0, 0.05) is 12.0 Å².